The van der Waals surface area contributed by atoms with Crippen molar-refractivity contribution in [2.24, 2.45) is 0 Å². The molecule has 0 radical (unpaired) electrons. The van der Waals surface area contributed by atoms with Crippen LogP contribution in [0, 0.1) is 0 Å². The molecule has 0 amide bonds. The average molecular weight is 302 g/mol. The summed E-state index contributed by atoms with van der Waals surface area (Å²) in [5.74, 6) is 1.61. The van der Waals surface area contributed by atoms with Crippen molar-refractivity contribution < 1.29 is 14.0 Å². The van der Waals surface area contributed by atoms with Crippen molar-refractivity contribution in [2.75, 3.05) is 26.9 Å². The second-order valence-electron chi connectivity index (χ2n) is 5.79. The first-order valence-electron chi connectivity index (χ1n) is 7.67. The lowest BCUT2D eigenvalue weighted by Gasteiger charge is -2.42. The molecular formula is C17H22N2O3. The van der Waals surface area contributed by atoms with Crippen molar-refractivity contribution >= 4 is 0 Å². The molecule has 1 saturated heterocycles. The van der Waals surface area contributed by atoms with E-state index in [0.717, 1.165) is 55.4 Å². The minimum Gasteiger partial charge on any atom is -0.497 e. The Morgan fingerprint density at radius 3 is 2.64 bits per heavy atom. The second kappa shape index (κ2) is 6.50. The summed E-state index contributed by atoms with van der Waals surface area (Å²) in [6, 6.07) is 9.79. The maximum atomic E-state index is 5.48. The molecule has 5 nitrogen and oxygen atoms in total. The second-order valence-corrected chi connectivity index (χ2v) is 5.79. The topological polar surface area (TPSA) is 56.5 Å². The molecule has 1 aromatic heterocycles. The summed E-state index contributed by atoms with van der Waals surface area (Å²) in [6.45, 7) is 4.63. The van der Waals surface area contributed by atoms with Gasteiger partial charge in [-0.3, -0.25) is 0 Å². The van der Waals surface area contributed by atoms with Gasteiger partial charge in [-0.1, -0.05) is 12.1 Å². The van der Waals surface area contributed by atoms with Gasteiger partial charge in [-0.2, -0.15) is 0 Å². The summed E-state index contributed by atoms with van der Waals surface area (Å²) in [5.41, 5.74) is 1.97. The molecule has 0 saturated carbocycles. The van der Waals surface area contributed by atoms with E-state index >= 15 is 0 Å². The van der Waals surface area contributed by atoms with Crippen LogP contribution in [0.15, 0.2) is 34.9 Å². The van der Waals surface area contributed by atoms with Crippen molar-refractivity contribution in [3.05, 3.63) is 36.0 Å². The first-order valence-corrected chi connectivity index (χ1v) is 7.67. The van der Waals surface area contributed by atoms with Crippen LogP contribution in [-0.4, -0.2) is 37.6 Å². The predicted octanol–water partition coefficient (Wildman–Crippen LogP) is 2.66. The number of hydrogen-bond acceptors (Lipinski definition) is 5. The summed E-state index contributed by atoms with van der Waals surface area (Å²) in [4.78, 5) is 0. The third kappa shape index (κ3) is 3.15. The Bertz CT molecular complexity index is 603. The molecule has 3 rings (SSSR count). The van der Waals surface area contributed by atoms with Crippen LogP contribution in [0.5, 0.6) is 5.75 Å². The van der Waals surface area contributed by atoms with Gasteiger partial charge in [0.15, 0.2) is 5.76 Å². The molecule has 0 unspecified atom stereocenters. The zero-order valence-corrected chi connectivity index (χ0v) is 13.1. The molecule has 0 spiro atoms. The number of hydrogen-bond donors (Lipinski definition) is 1. The van der Waals surface area contributed by atoms with Crippen LogP contribution in [0.1, 0.15) is 19.0 Å². The molecule has 1 fully saturated rings. The van der Waals surface area contributed by atoms with Crippen LogP contribution in [0.25, 0.3) is 11.3 Å². The minimum absolute atomic E-state index is 0.0179. The summed E-state index contributed by atoms with van der Waals surface area (Å²) < 4.78 is 16.0. The van der Waals surface area contributed by atoms with Gasteiger partial charge in [0.1, 0.15) is 5.75 Å². The van der Waals surface area contributed by atoms with Crippen LogP contribution in [0.4, 0.5) is 0 Å². The molecule has 1 aliphatic rings. The fourth-order valence-electron chi connectivity index (χ4n) is 2.64. The SMILES string of the molecule is CCCNC1(Cc2cc(-c3ccc(OC)cc3)on2)COC1. The van der Waals surface area contributed by atoms with Crippen LogP contribution < -0.4 is 10.1 Å². The molecule has 0 atom stereocenters. The standard InChI is InChI=1S/C17H22N2O3/c1-3-8-18-17(11-21-12-17)10-14-9-16(22-19-14)13-4-6-15(20-2)7-5-13/h4-7,9,18H,3,8,10-12H2,1-2H3. The van der Waals surface area contributed by atoms with E-state index < -0.39 is 0 Å². The highest BCUT2D eigenvalue weighted by Gasteiger charge is 2.38. The Labute approximate surface area is 130 Å². The first kappa shape index (κ1) is 15.1. The smallest absolute Gasteiger partial charge is 0.167 e. The number of methoxy groups -OCH3 is 1. The summed E-state index contributed by atoms with van der Waals surface area (Å²) in [6.07, 6.45) is 1.93. The van der Waals surface area contributed by atoms with Crippen molar-refractivity contribution in [2.45, 2.75) is 25.3 Å². The van der Waals surface area contributed by atoms with E-state index in [9.17, 15) is 0 Å². The number of benzene rings is 1. The molecule has 118 valence electrons. The normalized spacial score (nSPS) is 16.3. The minimum atomic E-state index is 0.0179. The van der Waals surface area contributed by atoms with Crippen molar-refractivity contribution in [3.63, 3.8) is 0 Å². The molecule has 1 aromatic carbocycles. The highest BCUT2D eigenvalue weighted by molar-refractivity contribution is 5.58. The summed E-state index contributed by atoms with van der Waals surface area (Å²) >= 11 is 0. The highest BCUT2D eigenvalue weighted by atomic mass is 16.5. The number of aromatic nitrogens is 1. The molecular weight excluding hydrogens is 280 g/mol. The van der Waals surface area contributed by atoms with E-state index in [-0.39, 0.29) is 5.54 Å². The van der Waals surface area contributed by atoms with E-state index in [1.165, 1.54) is 0 Å². The Morgan fingerprint density at radius 2 is 2.05 bits per heavy atom. The number of nitrogens with zero attached hydrogens (tertiary/aromatic N) is 1. The van der Waals surface area contributed by atoms with Gasteiger partial charge >= 0.3 is 0 Å². The van der Waals surface area contributed by atoms with Gasteiger partial charge in [-0.25, -0.2) is 0 Å². The fourth-order valence-corrected chi connectivity index (χ4v) is 2.64. The zero-order valence-electron chi connectivity index (χ0n) is 13.1. The van der Waals surface area contributed by atoms with E-state index in [4.69, 9.17) is 14.0 Å². The van der Waals surface area contributed by atoms with Crippen LogP contribution in [0.3, 0.4) is 0 Å². The lowest BCUT2D eigenvalue weighted by atomic mass is 9.91. The Hall–Kier alpha value is -1.85. The van der Waals surface area contributed by atoms with Gasteiger partial charge in [0.05, 0.1) is 31.6 Å². The monoisotopic (exact) mass is 302 g/mol. The van der Waals surface area contributed by atoms with E-state index in [2.05, 4.69) is 17.4 Å². The number of rotatable bonds is 7. The van der Waals surface area contributed by atoms with E-state index in [0.29, 0.717) is 0 Å². The third-order valence-corrected chi connectivity index (χ3v) is 3.96. The summed E-state index contributed by atoms with van der Waals surface area (Å²) in [5, 5.41) is 7.78. The molecule has 1 N–H and O–H groups in total. The Kier molecular flexibility index (Phi) is 4.45. The lowest BCUT2D eigenvalue weighted by Crippen LogP contribution is -2.62. The van der Waals surface area contributed by atoms with Gasteiger partial charge in [0.2, 0.25) is 0 Å². The quantitative estimate of drug-likeness (QED) is 0.852. The maximum Gasteiger partial charge on any atom is 0.167 e. The van der Waals surface area contributed by atoms with Gasteiger partial charge < -0.3 is 19.3 Å². The maximum absolute atomic E-state index is 5.48. The van der Waals surface area contributed by atoms with Crippen molar-refractivity contribution in [1.29, 1.82) is 0 Å². The fraction of sp³-hybridized carbons (Fsp3) is 0.471. The molecule has 5 heteroatoms. The number of ether oxygens (including phenoxy) is 2. The van der Waals surface area contributed by atoms with Crippen LogP contribution >= 0.6 is 0 Å². The van der Waals surface area contributed by atoms with Crippen molar-refractivity contribution in [1.82, 2.24) is 10.5 Å². The van der Waals surface area contributed by atoms with Crippen LogP contribution in [-0.2, 0) is 11.2 Å². The molecule has 0 aliphatic carbocycles. The molecule has 22 heavy (non-hydrogen) atoms. The largest absolute Gasteiger partial charge is 0.497 e. The summed E-state index contributed by atoms with van der Waals surface area (Å²) in [7, 11) is 1.66. The molecule has 0 bridgehead atoms. The van der Waals surface area contributed by atoms with Gasteiger partial charge in [-0.05, 0) is 37.2 Å². The zero-order chi connectivity index (χ0) is 15.4. The lowest BCUT2D eigenvalue weighted by molar-refractivity contribution is -0.0743. The third-order valence-electron chi connectivity index (χ3n) is 3.96. The average Bonchev–Trinajstić information content (AvgIpc) is 2.98. The van der Waals surface area contributed by atoms with Crippen LogP contribution in [0.2, 0.25) is 0 Å². The van der Waals surface area contributed by atoms with Gasteiger partial charge in [0.25, 0.3) is 0 Å². The number of nitrogens with one attached hydrogen (secondary N) is 1. The Balaban J connectivity index is 1.70. The van der Waals surface area contributed by atoms with Gasteiger partial charge in [-0.15, -0.1) is 0 Å². The highest BCUT2D eigenvalue weighted by Crippen LogP contribution is 2.26. The van der Waals surface area contributed by atoms with Crippen molar-refractivity contribution in [3.8, 4) is 17.1 Å². The molecule has 2 heterocycles. The molecule has 1 aliphatic heterocycles. The predicted molar refractivity (Wildman–Crippen MR) is 84.0 cm³/mol. The first-order chi connectivity index (χ1) is 10.7. The molecule has 2 aromatic rings. The van der Waals surface area contributed by atoms with E-state index in [1.54, 1.807) is 7.11 Å². The Morgan fingerprint density at radius 1 is 1.27 bits per heavy atom. The van der Waals surface area contributed by atoms with Gasteiger partial charge in [0, 0.05) is 18.1 Å². The van der Waals surface area contributed by atoms with E-state index in [1.807, 2.05) is 30.3 Å².